The zero-order chi connectivity index (χ0) is 14.4. The number of rotatable bonds is 6. The smallest absolute Gasteiger partial charge is 0.317 e. The summed E-state index contributed by atoms with van der Waals surface area (Å²) < 4.78 is 5.24. The van der Waals surface area contributed by atoms with Gasteiger partial charge in [-0.25, -0.2) is 4.79 Å². The van der Waals surface area contributed by atoms with E-state index in [0.29, 0.717) is 6.54 Å². The summed E-state index contributed by atoms with van der Waals surface area (Å²) >= 11 is 0. The summed E-state index contributed by atoms with van der Waals surface area (Å²) in [6.07, 6.45) is 1.53. The van der Waals surface area contributed by atoms with E-state index in [1.807, 2.05) is 13.8 Å². The van der Waals surface area contributed by atoms with Gasteiger partial charge in [0.05, 0.1) is 18.3 Å². The third-order valence-electron chi connectivity index (χ3n) is 3.27. The molecular weight excluding hydrogens is 246 g/mol. The average molecular weight is 269 g/mol. The van der Waals surface area contributed by atoms with Crippen molar-refractivity contribution in [1.82, 2.24) is 15.4 Å². The topological polar surface area (TPSA) is 78.6 Å². The normalized spacial score (nSPS) is 12.3. The lowest BCUT2D eigenvalue weighted by atomic mass is 10.1. The molecular formula is C13H23N3O3. The molecule has 2 amide bonds. The van der Waals surface area contributed by atoms with Crippen molar-refractivity contribution in [3.8, 4) is 0 Å². The van der Waals surface area contributed by atoms with Gasteiger partial charge in [0.1, 0.15) is 5.76 Å². The van der Waals surface area contributed by atoms with Crippen LogP contribution in [0.2, 0.25) is 0 Å². The first-order chi connectivity index (χ1) is 9.04. The lowest BCUT2D eigenvalue weighted by Crippen LogP contribution is -2.43. The Morgan fingerprint density at radius 3 is 2.68 bits per heavy atom. The second-order valence-electron chi connectivity index (χ2n) is 4.54. The Hall–Kier alpha value is -1.56. The van der Waals surface area contributed by atoms with E-state index in [-0.39, 0.29) is 18.7 Å². The number of amides is 2. The minimum absolute atomic E-state index is 0.0579. The van der Waals surface area contributed by atoms with Crippen LogP contribution in [-0.4, -0.2) is 40.9 Å². The van der Waals surface area contributed by atoms with Crippen molar-refractivity contribution >= 4 is 6.03 Å². The number of aromatic nitrogens is 1. The average Bonchev–Trinajstić information content (AvgIpc) is 2.84. The number of hydrogen-bond donors (Lipinski definition) is 2. The second kappa shape index (κ2) is 7.13. The molecule has 1 unspecified atom stereocenters. The largest absolute Gasteiger partial charge is 0.394 e. The Kier molecular flexibility index (Phi) is 5.82. The van der Waals surface area contributed by atoms with E-state index < -0.39 is 0 Å². The molecule has 1 atom stereocenters. The first kappa shape index (κ1) is 15.5. The van der Waals surface area contributed by atoms with Gasteiger partial charge >= 0.3 is 6.03 Å². The first-order valence-electron chi connectivity index (χ1n) is 6.62. The number of hydrogen-bond acceptors (Lipinski definition) is 4. The van der Waals surface area contributed by atoms with Gasteiger partial charge in [0.15, 0.2) is 0 Å². The quantitative estimate of drug-likeness (QED) is 0.816. The van der Waals surface area contributed by atoms with Crippen molar-refractivity contribution in [3.05, 3.63) is 17.0 Å². The standard InChI is InChI=1S/C13H23N3O3/c1-5-11-10(12(6-2)19-15-11)7-14-13(18)16(4)9(3)8-17/h9,17H,5-8H2,1-4H3,(H,14,18). The molecule has 0 bridgehead atoms. The van der Waals surface area contributed by atoms with Crippen molar-refractivity contribution < 1.29 is 14.4 Å². The van der Waals surface area contributed by atoms with E-state index in [9.17, 15) is 4.79 Å². The lowest BCUT2D eigenvalue weighted by Gasteiger charge is -2.23. The first-order valence-corrected chi connectivity index (χ1v) is 6.62. The van der Waals surface area contributed by atoms with E-state index in [1.54, 1.807) is 14.0 Å². The van der Waals surface area contributed by atoms with Gasteiger partial charge in [-0.15, -0.1) is 0 Å². The lowest BCUT2D eigenvalue weighted by molar-refractivity contribution is 0.157. The molecule has 0 aromatic carbocycles. The molecule has 1 aromatic heterocycles. The molecule has 0 saturated carbocycles. The third kappa shape index (κ3) is 3.70. The van der Waals surface area contributed by atoms with Gasteiger partial charge in [0.25, 0.3) is 0 Å². The van der Waals surface area contributed by atoms with E-state index in [2.05, 4.69) is 10.5 Å². The van der Waals surface area contributed by atoms with Crippen molar-refractivity contribution in [2.75, 3.05) is 13.7 Å². The molecule has 19 heavy (non-hydrogen) atoms. The van der Waals surface area contributed by atoms with Gasteiger partial charge in [0.2, 0.25) is 0 Å². The summed E-state index contributed by atoms with van der Waals surface area (Å²) in [7, 11) is 1.66. The van der Waals surface area contributed by atoms with Crippen LogP contribution in [0.1, 0.15) is 37.8 Å². The third-order valence-corrected chi connectivity index (χ3v) is 3.27. The summed E-state index contributed by atoms with van der Waals surface area (Å²) in [4.78, 5) is 13.4. The molecule has 6 heteroatoms. The molecule has 0 aliphatic carbocycles. The van der Waals surface area contributed by atoms with Gasteiger partial charge in [-0.1, -0.05) is 19.0 Å². The molecule has 6 nitrogen and oxygen atoms in total. The number of likely N-dealkylation sites (N-methyl/N-ethyl adjacent to an activating group) is 1. The molecule has 0 saturated heterocycles. The number of aliphatic hydroxyl groups excluding tert-OH is 1. The molecule has 2 N–H and O–H groups in total. The zero-order valence-corrected chi connectivity index (χ0v) is 12.1. The molecule has 0 fully saturated rings. The minimum atomic E-state index is -0.216. The second-order valence-corrected chi connectivity index (χ2v) is 4.54. The zero-order valence-electron chi connectivity index (χ0n) is 12.1. The highest BCUT2D eigenvalue weighted by molar-refractivity contribution is 5.74. The summed E-state index contributed by atoms with van der Waals surface area (Å²) in [5.74, 6) is 0.815. The highest BCUT2D eigenvalue weighted by Crippen LogP contribution is 2.15. The number of nitrogens with one attached hydrogen (secondary N) is 1. The summed E-state index contributed by atoms with van der Waals surface area (Å²) in [5.41, 5.74) is 1.85. The van der Waals surface area contributed by atoms with Crippen molar-refractivity contribution in [2.45, 2.75) is 46.2 Å². The number of aryl methyl sites for hydroxylation is 2. The molecule has 1 rings (SSSR count). The van der Waals surface area contributed by atoms with E-state index in [0.717, 1.165) is 29.9 Å². The molecule has 0 aliphatic rings. The maximum Gasteiger partial charge on any atom is 0.317 e. The fraction of sp³-hybridized carbons (Fsp3) is 0.692. The Balaban J connectivity index is 2.66. The summed E-state index contributed by atoms with van der Waals surface area (Å²) in [6.45, 7) is 6.12. The van der Waals surface area contributed by atoms with Gasteiger partial charge < -0.3 is 19.8 Å². The van der Waals surface area contributed by atoms with Crippen LogP contribution in [0.3, 0.4) is 0 Å². The highest BCUT2D eigenvalue weighted by atomic mass is 16.5. The number of urea groups is 1. The van der Waals surface area contributed by atoms with Crippen LogP contribution in [0.25, 0.3) is 0 Å². The van der Waals surface area contributed by atoms with Gasteiger partial charge in [0, 0.05) is 25.6 Å². The molecule has 0 aliphatic heterocycles. The van der Waals surface area contributed by atoms with Gasteiger partial charge in [-0.05, 0) is 13.3 Å². The van der Waals surface area contributed by atoms with Crippen LogP contribution in [0.5, 0.6) is 0 Å². The van der Waals surface area contributed by atoms with E-state index in [4.69, 9.17) is 9.63 Å². The Labute approximate surface area is 113 Å². The Morgan fingerprint density at radius 2 is 2.16 bits per heavy atom. The fourth-order valence-electron chi connectivity index (χ4n) is 1.75. The Morgan fingerprint density at radius 1 is 1.47 bits per heavy atom. The number of carbonyl (C=O) groups is 1. The monoisotopic (exact) mass is 269 g/mol. The summed E-state index contributed by atoms with van der Waals surface area (Å²) in [5, 5.41) is 15.8. The predicted octanol–water partition coefficient (Wildman–Crippen LogP) is 1.32. The minimum Gasteiger partial charge on any atom is -0.394 e. The predicted molar refractivity (Wildman–Crippen MR) is 71.8 cm³/mol. The Bertz CT molecular complexity index is 396. The molecule has 1 aromatic rings. The summed E-state index contributed by atoms with van der Waals surface area (Å²) in [6, 6.07) is -0.425. The number of aliphatic hydroxyl groups is 1. The fourth-order valence-corrected chi connectivity index (χ4v) is 1.75. The van der Waals surface area contributed by atoms with Crippen LogP contribution in [0.4, 0.5) is 4.79 Å². The van der Waals surface area contributed by atoms with Crippen molar-refractivity contribution in [3.63, 3.8) is 0 Å². The number of nitrogens with zero attached hydrogens (tertiary/aromatic N) is 2. The van der Waals surface area contributed by atoms with E-state index >= 15 is 0 Å². The maximum atomic E-state index is 11.9. The van der Waals surface area contributed by atoms with Crippen LogP contribution < -0.4 is 5.32 Å². The van der Waals surface area contributed by atoms with Gasteiger partial charge in [-0.2, -0.15) is 0 Å². The van der Waals surface area contributed by atoms with Crippen LogP contribution >= 0.6 is 0 Å². The number of carbonyl (C=O) groups excluding carboxylic acids is 1. The molecule has 1 heterocycles. The van der Waals surface area contributed by atoms with Gasteiger partial charge in [-0.3, -0.25) is 0 Å². The SMILES string of the molecule is CCc1noc(CC)c1CNC(=O)N(C)C(C)CO. The molecule has 0 spiro atoms. The molecule has 108 valence electrons. The maximum absolute atomic E-state index is 11.9. The van der Waals surface area contributed by atoms with Crippen molar-refractivity contribution in [1.29, 1.82) is 0 Å². The van der Waals surface area contributed by atoms with Crippen molar-refractivity contribution in [2.24, 2.45) is 0 Å². The van der Waals surface area contributed by atoms with E-state index in [1.165, 1.54) is 4.90 Å². The van der Waals surface area contributed by atoms with Crippen LogP contribution in [-0.2, 0) is 19.4 Å². The van der Waals surface area contributed by atoms with Crippen LogP contribution in [0.15, 0.2) is 4.52 Å². The van der Waals surface area contributed by atoms with Crippen LogP contribution in [0, 0.1) is 0 Å². The highest BCUT2D eigenvalue weighted by Gasteiger charge is 2.17. The molecule has 0 radical (unpaired) electrons.